The molecule has 1 unspecified atom stereocenters. The molecule has 27 heavy (non-hydrogen) atoms. The fourth-order valence-electron chi connectivity index (χ4n) is 2.47. The molecule has 2 aromatic carbocycles. The molecule has 0 spiro atoms. The van der Waals surface area contributed by atoms with Crippen molar-refractivity contribution >= 4 is 45.8 Å². The van der Waals surface area contributed by atoms with E-state index in [-0.39, 0.29) is 0 Å². The first-order chi connectivity index (χ1) is 13.0. The standard InChI is InChI=1S/C18H20N6O2S/c1-19-13-6-8-16(9-7-13)24(2)17-10-11-20-18(22-17)21-14-4-3-5-15(12-14)23-27(25)26/h3-12,19,23H,1-2H3,(H,25,26)(H,20,21,22). The van der Waals surface area contributed by atoms with Gasteiger partial charge in [-0.3, -0.25) is 9.27 Å². The molecule has 3 rings (SSSR count). The van der Waals surface area contributed by atoms with Crippen LogP contribution in [0.5, 0.6) is 0 Å². The van der Waals surface area contributed by atoms with Gasteiger partial charge in [-0.05, 0) is 48.5 Å². The highest BCUT2D eigenvalue weighted by Gasteiger charge is 2.08. The Morgan fingerprint density at radius 2 is 1.78 bits per heavy atom. The second-order valence-corrected chi connectivity index (χ2v) is 6.35. The van der Waals surface area contributed by atoms with Crippen LogP contribution in [0.25, 0.3) is 0 Å². The van der Waals surface area contributed by atoms with Gasteiger partial charge in [0.25, 0.3) is 11.3 Å². The Morgan fingerprint density at radius 1 is 1.04 bits per heavy atom. The molecular weight excluding hydrogens is 364 g/mol. The van der Waals surface area contributed by atoms with Crippen molar-refractivity contribution in [3.05, 3.63) is 60.8 Å². The number of hydrogen-bond donors (Lipinski definition) is 4. The third-order valence-electron chi connectivity index (χ3n) is 3.85. The Balaban J connectivity index is 1.77. The summed E-state index contributed by atoms with van der Waals surface area (Å²) >= 11 is -2.13. The summed E-state index contributed by atoms with van der Waals surface area (Å²) in [6.07, 6.45) is 1.67. The van der Waals surface area contributed by atoms with Gasteiger partial charge in [0.1, 0.15) is 5.82 Å². The summed E-state index contributed by atoms with van der Waals surface area (Å²) in [5, 5.41) is 6.19. The molecule has 0 aliphatic heterocycles. The summed E-state index contributed by atoms with van der Waals surface area (Å²) in [5.41, 5.74) is 3.24. The van der Waals surface area contributed by atoms with E-state index in [1.807, 2.05) is 55.4 Å². The second kappa shape index (κ2) is 8.47. The van der Waals surface area contributed by atoms with Gasteiger partial charge in [0.2, 0.25) is 5.95 Å². The number of hydrogen-bond acceptors (Lipinski definition) is 6. The molecule has 3 aromatic rings. The van der Waals surface area contributed by atoms with E-state index in [1.165, 1.54) is 0 Å². The fraction of sp³-hybridized carbons (Fsp3) is 0.111. The monoisotopic (exact) mass is 384 g/mol. The lowest BCUT2D eigenvalue weighted by molar-refractivity contribution is 0.570. The van der Waals surface area contributed by atoms with E-state index in [1.54, 1.807) is 24.4 Å². The molecule has 0 amide bonds. The van der Waals surface area contributed by atoms with Crippen molar-refractivity contribution < 1.29 is 8.76 Å². The molecule has 1 aromatic heterocycles. The van der Waals surface area contributed by atoms with Crippen LogP contribution in [0.15, 0.2) is 60.8 Å². The maximum atomic E-state index is 10.9. The van der Waals surface area contributed by atoms with Crippen molar-refractivity contribution in [1.82, 2.24) is 9.97 Å². The van der Waals surface area contributed by atoms with Crippen LogP contribution in [0.3, 0.4) is 0 Å². The van der Waals surface area contributed by atoms with Gasteiger partial charge in [-0.25, -0.2) is 9.19 Å². The van der Waals surface area contributed by atoms with Crippen LogP contribution in [0.2, 0.25) is 0 Å². The van der Waals surface area contributed by atoms with Gasteiger partial charge in [0.05, 0.1) is 5.69 Å². The zero-order valence-electron chi connectivity index (χ0n) is 14.9. The van der Waals surface area contributed by atoms with Gasteiger partial charge >= 0.3 is 0 Å². The minimum Gasteiger partial charge on any atom is -0.388 e. The highest BCUT2D eigenvalue weighted by Crippen LogP contribution is 2.25. The van der Waals surface area contributed by atoms with Crippen molar-refractivity contribution in [2.45, 2.75) is 0 Å². The van der Waals surface area contributed by atoms with E-state index >= 15 is 0 Å². The fourth-order valence-corrected chi connectivity index (χ4v) is 2.80. The van der Waals surface area contributed by atoms with Crippen LogP contribution in [-0.4, -0.2) is 32.8 Å². The zero-order chi connectivity index (χ0) is 19.2. The van der Waals surface area contributed by atoms with Gasteiger partial charge in [-0.1, -0.05) is 6.07 Å². The first-order valence-electron chi connectivity index (χ1n) is 8.14. The predicted molar refractivity (Wildman–Crippen MR) is 110 cm³/mol. The molecule has 1 atom stereocenters. The third-order valence-corrected chi connectivity index (χ3v) is 4.26. The molecule has 0 fully saturated rings. The van der Waals surface area contributed by atoms with E-state index in [0.29, 0.717) is 17.3 Å². The SMILES string of the molecule is CNc1ccc(N(C)c2ccnc(Nc3cccc(NS(=O)O)c3)n2)cc1. The molecule has 0 saturated heterocycles. The van der Waals surface area contributed by atoms with Gasteiger partial charge in [0, 0.05) is 37.4 Å². The molecule has 0 bridgehead atoms. The number of nitrogens with one attached hydrogen (secondary N) is 3. The summed E-state index contributed by atoms with van der Waals surface area (Å²) in [5.74, 6) is 1.16. The lowest BCUT2D eigenvalue weighted by atomic mass is 10.2. The Labute approximate surface area is 160 Å². The quantitative estimate of drug-likeness (QED) is 0.462. The highest BCUT2D eigenvalue weighted by atomic mass is 32.2. The van der Waals surface area contributed by atoms with Gasteiger partial charge < -0.3 is 15.5 Å². The number of aromatic nitrogens is 2. The molecule has 8 nitrogen and oxygen atoms in total. The maximum Gasteiger partial charge on any atom is 0.259 e. The average molecular weight is 384 g/mol. The van der Waals surface area contributed by atoms with Gasteiger partial charge in [-0.15, -0.1) is 0 Å². The van der Waals surface area contributed by atoms with Crippen molar-refractivity contribution in [1.29, 1.82) is 0 Å². The van der Waals surface area contributed by atoms with Gasteiger partial charge in [-0.2, -0.15) is 4.98 Å². The van der Waals surface area contributed by atoms with Crippen molar-refractivity contribution in [3.63, 3.8) is 0 Å². The number of anilines is 6. The van der Waals surface area contributed by atoms with Crippen LogP contribution >= 0.6 is 0 Å². The molecule has 140 valence electrons. The van der Waals surface area contributed by atoms with Crippen molar-refractivity contribution in [2.24, 2.45) is 0 Å². The topological polar surface area (TPSA) is 102 Å². The second-order valence-electron chi connectivity index (χ2n) is 5.65. The summed E-state index contributed by atoms with van der Waals surface area (Å²) in [4.78, 5) is 10.7. The number of benzene rings is 2. The van der Waals surface area contributed by atoms with E-state index < -0.39 is 11.3 Å². The van der Waals surface area contributed by atoms with E-state index in [2.05, 4.69) is 25.3 Å². The lowest BCUT2D eigenvalue weighted by Gasteiger charge is -2.19. The third kappa shape index (κ3) is 4.93. The van der Waals surface area contributed by atoms with Crippen molar-refractivity contribution in [3.8, 4) is 0 Å². The smallest absolute Gasteiger partial charge is 0.259 e. The Bertz CT molecular complexity index is 935. The summed E-state index contributed by atoms with van der Waals surface area (Å²) in [6.45, 7) is 0. The van der Waals surface area contributed by atoms with Crippen LogP contribution < -0.4 is 20.3 Å². The molecule has 4 N–H and O–H groups in total. The molecule has 0 aliphatic rings. The van der Waals surface area contributed by atoms with E-state index in [4.69, 9.17) is 4.55 Å². The first-order valence-corrected chi connectivity index (χ1v) is 9.25. The first kappa shape index (κ1) is 18.6. The molecule has 0 aliphatic carbocycles. The van der Waals surface area contributed by atoms with Crippen LogP contribution in [-0.2, 0) is 11.3 Å². The Morgan fingerprint density at radius 3 is 2.48 bits per heavy atom. The predicted octanol–water partition coefficient (Wildman–Crippen LogP) is 3.58. The Hall–Kier alpha value is -3.17. The van der Waals surface area contributed by atoms with E-state index in [0.717, 1.165) is 17.2 Å². The van der Waals surface area contributed by atoms with Gasteiger partial charge in [0.15, 0.2) is 0 Å². The van der Waals surface area contributed by atoms with Crippen LogP contribution in [0.4, 0.5) is 34.5 Å². The Kier molecular flexibility index (Phi) is 5.84. The molecular formula is C18H20N6O2S. The summed E-state index contributed by atoms with van der Waals surface area (Å²) in [6, 6.07) is 16.8. The van der Waals surface area contributed by atoms with Crippen molar-refractivity contribution in [2.75, 3.05) is 34.4 Å². The largest absolute Gasteiger partial charge is 0.388 e. The highest BCUT2D eigenvalue weighted by molar-refractivity contribution is 7.80. The zero-order valence-corrected chi connectivity index (χ0v) is 15.7. The van der Waals surface area contributed by atoms with Crippen LogP contribution in [0.1, 0.15) is 0 Å². The molecule has 0 radical (unpaired) electrons. The number of nitrogens with zero attached hydrogens (tertiary/aromatic N) is 3. The average Bonchev–Trinajstić information content (AvgIpc) is 2.67. The van der Waals surface area contributed by atoms with Crippen LogP contribution in [0, 0.1) is 0 Å². The summed E-state index contributed by atoms with van der Waals surface area (Å²) in [7, 11) is 3.81. The van der Waals surface area contributed by atoms with E-state index in [9.17, 15) is 4.21 Å². The normalized spacial score (nSPS) is 11.5. The minimum absolute atomic E-state index is 0.425. The number of rotatable bonds is 7. The lowest BCUT2D eigenvalue weighted by Crippen LogP contribution is -2.12. The summed E-state index contributed by atoms with van der Waals surface area (Å²) < 4.78 is 22.2. The maximum absolute atomic E-state index is 10.9. The molecule has 0 saturated carbocycles. The molecule has 1 heterocycles. The minimum atomic E-state index is -2.13. The molecule has 9 heteroatoms.